The summed E-state index contributed by atoms with van der Waals surface area (Å²) in [5.74, 6) is 0. The van der Waals surface area contributed by atoms with Gasteiger partial charge in [0.15, 0.2) is 5.66 Å². The zero-order valence-corrected chi connectivity index (χ0v) is 8.24. The molecule has 0 radical (unpaired) electrons. The van der Waals surface area contributed by atoms with E-state index in [0.717, 1.165) is 0 Å². The van der Waals surface area contributed by atoms with Crippen LogP contribution in [0, 0.1) is 0 Å². The van der Waals surface area contributed by atoms with Gasteiger partial charge in [0, 0.05) is 0 Å². The number of fused-ring (bicyclic) bond motifs is 1. The Balaban J connectivity index is 1.82. The second-order valence-corrected chi connectivity index (χ2v) is 4.24. The molecule has 7 heteroatoms. The molecule has 3 heterocycles. The van der Waals surface area contributed by atoms with E-state index < -0.39 is 5.66 Å². The Labute approximate surface area is 86.1 Å². The summed E-state index contributed by atoms with van der Waals surface area (Å²) in [6.07, 6.45) is -0.211. The van der Waals surface area contributed by atoms with Crippen molar-refractivity contribution in [3.63, 3.8) is 0 Å². The van der Waals surface area contributed by atoms with Gasteiger partial charge in [0.05, 0.1) is 19.3 Å². The van der Waals surface area contributed by atoms with E-state index in [1.54, 1.807) is 11.8 Å². The summed E-state index contributed by atoms with van der Waals surface area (Å²) in [7, 11) is 0. The average molecular weight is 212 g/mol. The second-order valence-electron chi connectivity index (χ2n) is 4.24. The molecule has 0 aromatic heterocycles. The number of hydrogen-bond donors (Lipinski definition) is 3. The monoisotopic (exact) mass is 212 g/mol. The third-order valence-electron chi connectivity index (χ3n) is 2.93. The van der Waals surface area contributed by atoms with Crippen molar-refractivity contribution in [2.45, 2.75) is 24.9 Å². The molecule has 3 aliphatic heterocycles. The summed E-state index contributed by atoms with van der Waals surface area (Å²) in [6, 6.07) is -0.435. The average Bonchev–Trinajstić information content (AvgIpc) is 2.84. The second kappa shape index (κ2) is 2.54. The van der Waals surface area contributed by atoms with Crippen LogP contribution in [-0.2, 0) is 4.74 Å². The molecule has 0 aromatic carbocycles. The first-order valence-corrected chi connectivity index (χ1v) is 4.87. The minimum absolute atomic E-state index is 0.121. The van der Waals surface area contributed by atoms with Gasteiger partial charge in [0.25, 0.3) is 0 Å². The van der Waals surface area contributed by atoms with Crippen LogP contribution in [-0.4, -0.2) is 48.0 Å². The lowest BCUT2D eigenvalue weighted by molar-refractivity contribution is 0.181. The number of rotatable bonds is 2. The van der Waals surface area contributed by atoms with E-state index in [2.05, 4.69) is 16.0 Å². The molecule has 82 valence electrons. The van der Waals surface area contributed by atoms with Gasteiger partial charge >= 0.3 is 12.1 Å². The highest BCUT2D eigenvalue weighted by molar-refractivity contribution is 5.86. The minimum atomic E-state index is -0.705. The van der Waals surface area contributed by atoms with Gasteiger partial charge in [-0.15, -0.1) is 0 Å². The number of urea groups is 2. The van der Waals surface area contributed by atoms with Crippen molar-refractivity contribution in [1.82, 2.24) is 20.9 Å². The normalized spacial score (nSPS) is 42.1. The van der Waals surface area contributed by atoms with Gasteiger partial charge in [-0.3, -0.25) is 4.90 Å². The predicted octanol–water partition coefficient (Wildman–Crippen LogP) is -1.23. The third kappa shape index (κ3) is 1.23. The van der Waals surface area contributed by atoms with E-state index in [0.29, 0.717) is 13.2 Å². The van der Waals surface area contributed by atoms with Crippen LogP contribution in [0.3, 0.4) is 0 Å². The molecular formula is C8H12N4O3. The lowest BCUT2D eigenvalue weighted by Crippen LogP contribution is -2.54. The molecule has 0 aromatic rings. The largest absolute Gasteiger partial charge is 0.371 e. The maximum absolute atomic E-state index is 11.6. The summed E-state index contributed by atoms with van der Waals surface area (Å²) >= 11 is 0. The van der Waals surface area contributed by atoms with Crippen LogP contribution in [0.15, 0.2) is 0 Å². The highest BCUT2D eigenvalue weighted by Gasteiger charge is 2.55. The molecule has 4 amide bonds. The zero-order chi connectivity index (χ0) is 10.6. The van der Waals surface area contributed by atoms with Gasteiger partial charge in [-0.05, 0) is 6.92 Å². The quantitative estimate of drug-likeness (QED) is 0.501. The minimum Gasteiger partial charge on any atom is -0.371 e. The van der Waals surface area contributed by atoms with Crippen molar-refractivity contribution in [2.24, 2.45) is 0 Å². The zero-order valence-electron chi connectivity index (χ0n) is 8.24. The van der Waals surface area contributed by atoms with Crippen molar-refractivity contribution >= 4 is 12.1 Å². The molecule has 0 bridgehead atoms. The third-order valence-corrected chi connectivity index (χ3v) is 2.93. The number of hydrogen-bond acceptors (Lipinski definition) is 3. The lowest BCUT2D eigenvalue weighted by atomic mass is 10.2. The molecule has 0 aliphatic carbocycles. The maximum Gasteiger partial charge on any atom is 0.321 e. The molecule has 3 rings (SSSR count). The first-order chi connectivity index (χ1) is 7.08. The van der Waals surface area contributed by atoms with E-state index in [4.69, 9.17) is 4.74 Å². The fraction of sp³-hybridized carbons (Fsp3) is 0.750. The summed E-state index contributed by atoms with van der Waals surface area (Å²) < 4.78 is 5.07. The van der Waals surface area contributed by atoms with Crippen molar-refractivity contribution in [3.05, 3.63) is 0 Å². The van der Waals surface area contributed by atoms with Crippen LogP contribution >= 0.6 is 0 Å². The molecule has 3 N–H and O–H groups in total. The van der Waals surface area contributed by atoms with E-state index in [9.17, 15) is 9.59 Å². The number of nitrogens with zero attached hydrogens (tertiary/aromatic N) is 1. The topological polar surface area (TPSA) is 86.0 Å². The standard InChI is InChI=1S/C8H12N4O3/c1-8-5(9-6(13)10-8)12(7(14)11-8)2-4-3-15-4/h4-5H,2-3H2,1H3,(H,11,14)(H2,9,10,13). The van der Waals surface area contributed by atoms with Crippen LogP contribution in [0.4, 0.5) is 9.59 Å². The summed E-state index contributed by atoms with van der Waals surface area (Å²) in [5.41, 5.74) is -0.705. The van der Waals surface area contributed by atoms with E-state index in [1.807, 2.05) is 0 Å². The molecule has 3 atom stereocenters. The molecule has 3 unspecified atom stereocenters. The molecule has 7 nitrogen and oxygen atoms in total. The van der Waals surface area contributed by atoms with Crippen molar-refractivity contribution in [1.29, 1.82) is 0 Å². The summed E-state index contributed by atoms with van der Waals surface area (Å²) in [5, 5.41) is 8.13. The van der Waals surface area contributed by atoms with Gasteiger partial charge in [-0.2, -0.15) is 0 Å². The van der Waals surface area contributed by atoms with E-state index in [1.165, 1.54) is 0 Å². The van der Waals surface area contributed by atoms with E-state index in [-0.39, 0.29) is 24.3 Å². The molecule has 3 aliphatic rings. The Hall–Kier alpha value is -1.50. The maximum atomic E-state index is 11.6. The fourth-order valence-electron chi connectivity index (χ4n) is 2.09. The van der Waals surface area contributed by atoms with Gasteiger partial charge in [0.2, 0.25) is 0 Å². The van der Waals surface area contributed by atoms with Gasteiger partial charge in [-0.25, -0.2) is 9.59 Å². The van der Waals surface area contributed by atoms with Gasteiger partial charge in [-0.1, -0.05) is 0 Å². The summed E-state index contributed by atoms with van der Waals surface area (Å²) in [4.78, 5) is 24.4. The molecular weight excluding hydrogens is 200 g/mol. The number of ether oxygens (including phenoxy) is 1. The van der Waals surface area contributed by atoms with Crippen LogP contribution in [0.1, 0.15) is 6.92 Å². The number of epoxide rings is 1. The highest BCUT2D eigenvalue weighted by Crippen LogP contribution is 2.25. The Bertz CT molecular complexity index is 343. The molecule has 0 saturated carbocycles. The SMILES string of the molecule is CC12NC(=O)NC1N(CC1CO1)C(=O)N2. The lowest BCUT2D eigenvalue weighted by Gasteiger charge is -2.24. The van der Waals surface area contributed by atoms with Crippen molar-refractivity contribution in [2.75, 3.05) is 13.2 Å². The van der Waals surface area contributed by atoms with E-state index >= 15 is 0 Å². The van der Waals surface area contributed by atoms with Crippen LogP contribution in [0.25, 0.3) is 0 Å². The molecule has 15 heavy (non-hydrogen) atoms. The van der Waals surface area contributed by atoms with Crippen LogP contribution in [0.2, 0.25) is 0 Å². The van der Waals surface area contributed by atoms with Crippen molar-refractivity contribution < 1.29 is 14.3 Å². The van der Waals surface area contributed by atoms with Gasteiger partial charge in [0.1, 0.15) is 6.17 Å². The van der Waals surface area contributed by atoms with Crippen LogP contribution < -0.4 is 16.0 Å². The Morgan fingerprint density at radius 3 is 2.93 bits per heavy atom. The van der Waals surface area contributed by atoms with Gasteiger partial charge < -0.3 is 20.7 Å². The predicted molar refractivity (Wildman–Crippen MR) is 48.8 cm³/mol. The molecule has 3 fully saturated rings. The number of carbonyl (C=O) groups is 2. The Kier molecular flexibility index (Phi) is 1.49. The first-order valence-electron chi connectivity index (χ1n) is 4.87. The fourth-order valence-corrected chi connectivity index (χ4v) is 2.09. The molecule has 3 saturated heterocycles. The molecule has 0 spiro atoms. The smallest absolute Gasteiger partial charge is 0.321 e. The van der Waals surface area contributed by atoms with Crippen LogP contribution in [0.5, 0.6) is 0 Å². The number of nitrogens with one attached hydrogen (secondary N) is 3. The number of carbonyl (C=O) groups excluding carboxylic acids is 2. The highest BCUT2D eigenvalue weighted by atomic mass is 16.6. The Morgan fingerprint density at radius 2 is 2.27 bits per heavy atom. The summed E-state index contributed by atoms with van der Waals surface area (Å²) in [6.45, 7) is 2.99. The number of amides is 4. The first kappa shape index (κ1) is 8.78. The van der Waals surface area contributed by atoms with Crippen molar-refractivity contribution in [3.8, 4) is 0 Å². The Morgan fingerprint density at radius 1 is 1.53 bits per heavy atom.